The normalized spacial score (nSPS) is 12.0. The molecule has 4 nitrogen and oxygen atoms in total. The van der Waals surface area contributed by atoms with Gasteiger partial charge in [0.15, 0.2) is 0 Å². The molecule has 0 aliphatic rings. The maximum Gasteiger partial charge on any atom is 0.147 e. The molecule has 0 amide bonds. The number of rotatable bonds is 6. The Morgan fingerprint density at radius 3 is 2.57 bits per heavy atom. The largest absolute Gasteiger partial charge is 0.497 e. The second-order valence-electron chi connectivity index (χ2n) is 5.38. The third-order valence-corrected chi connectivity index (χ3v) is 3.48. The zero-order chi connectivity index (χ0) is 15.2. The zero-order valence-electron chi connectivity index (χ0n) is 13.2. The van der Waals surface area contributed by atoms with Gasteiger partial charge in [0.2, 0.25) is 0 Å². The number of hydrogen-bond donors (Lipinski definition) is 1. The van der Waals surface area contributed by atoms with Gasteiger partial charge in [-0.3, -0.25) is 4.98 Å². The SMILES string of the molecule is COc1ccc(CCC(C)Nc2nc(C)cnc2C)cc1. The van der Waals surface area contributed by atoms with Crippen molar-refractivity contribution in [2.45, 2.75) is 39.7 Å². The van der Waals surface area contributed by atoms with Crippen LogP contribution in [0.3, 0.4) is 0 Å². The van der Waals surface area contributed by atoms with E-state index < -0.39 is 0 Å². The van der Waals surface area contributed by atoms with E-state index in [9.17, 15) is 0 Å². The molecule has 0 aliphatic heterocycles. The average molecular weight is 285 g/mol. The van der Waals surface area contributed by atoms with E-state index in [1.807, 2.05) is 26.0 Å². The minimum atomic E-state index is 0.349. The Balaban J connectivity index is 1.89. The number of anilines is 1. The highest BCUT2D eigenvalue weighted by molar-refractivity contribution is 5.40. The summed E-state index contributed by atoms with van der Waals surface area (Å²) >= 11 is 0. The zero-order valence-corrected chi connectivity index (χ0v) is 13.2. The number of nitrogens with zero attached hydrogens (tertiary/aromatic N) is 2. The van der Waals surface area contributed by atoms with Crippen LogP contribution < -0.4 is 10.1 Å². The molecule has 112 valence electrons. The Morgan fingerprint density at radius 1 is 1.19 bits per heavy atom. The van der Waals surface area contributed by atoms with Crippen LogP contribution in [-0.4, -0.2) is 23.1 Å². The predicted octanol–water partition coefficient (Wildman–Crippen LogP) is 3.54. The third kappa shape index (κ3) is 4.45. The maximum absolute atomic E-state index is 5.17. The fourth-order valence-corrected chi connectivity index (χ4v) is 2.16. The second-order valence-corrected chi connectivity index (χ2v) is 5.38. The molecule has 1 heterocycles. The highest BCUT2D eigenvalue weighted by Crippen LogP contribution is 2.15. The van der Waals surface area contributed by atoms with Crippen molar-refractivity contribution in [3.8, 4) is 5.75 Å². The molecular weight excluding hydrogens is 262 g/mol. The number of aryl methyl sites for hydroxylation is 3. The minimum Gasteiger partial charge on any atom is -0.497 e. The van der Waals surface area contributed by atoms with E-state index in [-0.39, 0.29) is 0 Å². The van der Waals surface area contributed by atoms with Crippen molar-refractivity contribution in [2.24, 2.45) is 0 Å². The van der Waals surface area contributed by atoms with Gasteiger partial charge >= 0.3 is 0 Å². The highest BCUT2D eigenvalue weighted by Gasteiger charge is 2.07. The van der Waals surface area contributed by atoms with Crippen LogP contribution in [0.4, 0.5) is 5.82 Å². The summed E-state index contributed by atoms with van der Waals surface area (Å²) in [5.41, 5.74) is 3.19. The molecule has 2 aromatic rings. The average Bonchev–Trinajstić information content (AvgIpc) is 2.49. The topological polar surface area (TPSA) is 47.0 Å². The fourth-order valence-electron chi connectivity index (χ4n) is 2.16. The van der Waals surface area contributed by atoms with Crippen molar-refractivity contribution in [2.75, 3.05) is 12.4 Å². The van der Waals surface area contributed by atoms with Gasteiger partial charge in [-0.05, 0) is 51.3 Å². The lowest BCUT2D eigenvalue weighted by Gasteiger charge is -2.16. The number of hydrogen-bond acceptors (Lipinski definition) is 4. The molecule has 1 N–H and O–H groups in total. The summed E-state index contributed by atoms with van der Waals surface area (Å²) < 4.78 is 5.17. The molecule has 0 aliphatic carbocycles. The quantitative estimate of drug-likeness (QED) is 0.882. The van der Waals surface area contributed by atoms with Crippen LogP contribution in [0.1, 0.15) is 30.3 Å². The first-order valence-corrected chi connectivity index (χ1v) is 7.28. The van der Waals surface area contributed by atoms with E-state index in [0.29, 0.717) is 6.04 Å². The van der Waals surface area contributed by atoms with Gasteiger partial charge in [0.05, 0.1) is 18.5 Å². The van der Waals surface area contributed by atoms with Crippen LogP contribution in [0.15, 0.2) is 30.5 Å². The molecule has 1 aromatic heterocycles. The lowest BCUT2D eigenvalue weighted by Crippen LogP contribution is -2.18. The van der Waals surface area contributed by atoms with Crippen molar-refractivity contribution in [1.82, 2.24) is 9.97 Å². The van der Waals surface area contributed by atoms with Crippen LogP contribution in [0.5, 0.6) is 5.75 Å². The highest BCUT2D eigenvalue weighted by atomic mass is 16.5. The molecule has 0 saturated carbocycles. The molecule has 0 bridgehead atoms. The van der Waals surface area contributed by atoms with E-state index in [0.717, 1.165) is 35.8 Å². The third-order valence-electron chi connectivity index (χ3n) is 3.48. The molecule has 1 aromatic carbocycles. The number of benzene rings is 1. The molecule has 0 saturated heterocycles. The summed E-state index contributed by atoms with van der Waals surface area (Å²) in [6.45, 7) is 6.11. The molecule has 0 fully saturated rings. The summed E-state index contributed by atoms with van der Waals surface area (Å²) in [5.74, 6) is 1.79. The lowest BCUT2D eigenvalue weighted by atomic mass is 10.1. The van der Waals surface area contributed by atoms with Gasteiger partial charge in [-0.2, -0.15) is 0 Å². The van der Waals surface area contributed by atoms with Crippen LogP contribution in [-0.2, 0) is 6.42 Å². The van der Waals surface area contributed by atoms with Crippen molar-refractivity contribution in [3.63, 3.8) is 0 Å². The van der Waals surface area contributed by atoms with Crippen LogP contribution in [0.2, 0.25) is 0 Å². The first-order chi connectivity index (χ1) is 10.1. The van der Waals surface area contributed by atoms with Gasteiger partial charge in [-0.25, -0.2) is 4.98 Å². The molecule has 1 unspecified atom stereocenters. The lowest BCUT2D eigenvalue weighted by molar-refractivity contribution is 0.414. The van der Waals surface area contributed by atoms with Crippen molar-refractivity contribution in [3.05, 3.63) is 47.4 Å². The molecular formula is C17H23N3O. The number of methoxy groups -OCH3 is 1. The van der Waals surface area contributed by atoms with E-state index in [4.69, 9.17) is 4.74 Å². The number of aromatic nitrogens is 2. The Hall–Kier alpha value is -2.10. The van der Waals surface area contributed by atoms with Gasteiger partial charge in [-0.15, -0.1) is 0 Å². The van der Waals surface area contributed by atoms with E-state index in [2.05, 4.69) is 34.3 Å². The summed E-state index contributed by atoms with van der Waals surface area (Å²) in [4.78, 5) is 8.83. The van der Waals surface area contributed by atoms with Gasteiger partial charge in [0, 0.05) is 12.2 Å². The Bertz CT molecular complexity index is 581. The summed E-state index contributed by atoms with van der Waals surface area (Å²) in [5, 5.41) is 3.45. The first-order valence-electron chi connectivity index (χ1n) is 7.28. The molecule has 4 heteroatoms. The first kappa shape index (κ1) is 15.3. The van der Waals surface area contributed by atoms with Gasteiger partial charge in [0.25, 0.3) is 0 Å². The van der Waals surface area contributed by atoms with Gasteiger partial charge < -0.3 is 10.1 Å². The predicted molar refractivity (Wildman–Crippen MR) is 85.9 cm³/mol. The van der Waals surface area contributed by atoms with Crippen LogP contribution >= 0.6 is 0 Å². The van der Waals surface area contributed by atoms with Crippen molar-refractivity contribution < 1.29 is 4.74 Å². The minimum absolute atomic E-state index is 0.349. The molecule has 2 rings (SSSR count). The monoisotopic (exact) mass is 285 g/mol. The Kier molecular flexibility index (Phi) is 5.14. The van der Waals surface area contributed by atoms with Crippen molar-refractivity contribution in [1.29, 1.82) is 0 Å². The molecule has 0 spiro atoms. The maximum atomic E-state index is 5.17. The van der Waals surface area contributed by atoms with Crippen molar-refractivity contribution >= 4 is 5.82 Å². The Morgan fingerprint density at radius 2 is 1.90 bits per heavy atom. The smallest absolute Gasteiger partial charge is 0.147 e. The van der Waals surface area contributed by atoms with Gasteiger partial charge in [-0.1, -0.05) is 12.1 Å². The van der Waals surface area contributed by atoms with E-state index in [1.165, 1.54) is 5.56 Å². The van der Waals surface area contributed by atoms with Crippen LogP contribution in [0, 0.1) is 13.8 Å². The summed E-state index contributed by atoms with van der Waals surface area (Å²) in [6.07, 6.45) is 3.86. The summed E-state index contributed by atoms with van der Waals surface area (Å²) in [7, 11) is 1.69. The van der Waals surface area contributed by atoms with Crippen LogP contribution in [0.25, 0.3) is 0 Å². The second kappa shape index (κ2) is 7.07. The van der Waals surface area contributed by atoms with E-state index in [1.54, 1.807) is 13.3 Å². The molecule has 1 atom stereocenters. The van der Waals surface area contributed by atoms with Gasteiger partial charge in [0.1, 0.15) is 11.6 Å². The number of nitrogens with one attached hydrogen (secondary N) is 1. The van der Waals surface area contributed by atoms with E-state index >= 15 is 0 Å². The fraction of sp³-hybridized carbons (Fsp3) is 0.412. The molecule has 0 radical (unpaired) electrons. The molecule has 21 heavy (non-hydrogen) atoms. The standard InChI is InChI=1S/C17H23N3O/c1-12(19-17-14(3)18-11-13(2)20-17)5-6-15-7-9-16(21-4)10-8-15/h7-12H,5-6H2,1-4H3,(H,19,20). The Labute approximate surface area is 126 Å². The number of ether oxygens (including phenoxy) is 1. The summed E-state index contributed by atoms with van der Waals surface area (Å²) in [6, 6.07) is 8.58.